The van der Waals surface area contributed by atoms with Crippen LogP contribution in [0.1, 0.15) is 24.8 Å². The normalized spacial score (nSPS) is 10.8. The minimum Gasteiger partial charge on any atom is -0.444 e. The lowest BCUT2D eigenvalue weighted by atomic mass is 10.1. The second kappa shape index (κ2) is 8.23. The average molecular weight is 388 g/mol. The minimum atomic E-state index is 0.345. The van der Waals surface area contributed by atoms with Gasteiger partial charge in [-0.3, -0.25) is 0 Å². The molecule has 0 unspecified atom stereocenters. The first-order chi connectivity index (χ1) is 13.7. The number of rotatable bonds is 6. The van der Waals surface area contributed by atoms with E-state index in [0.29, 0.717) is 5.92 Å². The van der Waals surface area contributed by atoms with Crippen molar-refractivity contribution in [1.82, 2.24) is 9.97 Å². The van der Waals surface area contributed by atoms with Gasteiger partial charge in [-0.25, -0.2) is 9.97 Å². The molecule has 2 aromatic carbocycles. The number of thiazole rings is 1. The highest BCUT2D eigenvalue weighted by atomic mass is 32.1. The molecule has 0 amide bonds. The number of hydrogen-bond acceptors (Lipinski definition) is 5. The lowest BCUT2D eigenvalue weighted by Gasteiger charge is -2.09. The summed E-state index contributed by atoms with van der Waals surface area (Å²) >= 11 is 1.59. The second-order valence-electron chi connectivity index (χ2n) is 6.68. The van der Waals surface area contributed by atoms with Gasteiger partial charge in [0, 0.05) is 29.4 Å². The monoisotopic (exact) mass is 387 g/mol. The summed E-state index contributed by atoms with van der Waals surface area (Å²) < 4.78 is 6.25. The maximum Gasteiger partial charge on any atom is 0.208 e. The van der Waals surface area contributed by atoms with Crippen molar-refractivity contribution in [2.24, 2.45) is 0 Å². The Labute approximate surface area is 168 Å². The van der Waals surface area contributed by atoms with Crippen LogP contribution in [0.4, 0.5) is 11.5 Å². The van der Waals surface area contributed by atoms with E-state index in [-0.39, 0.29) is 0 Å². The zero-order valence-corrected chi connectivity index (χ0v) is 16.6. The Bertz CT molecular complexity index is 1050. The third-order valence-corrected chi connectivity index (χ3v) is 5.38. The first-order valence-corrected chi connectivity index (χ1v) is 10.0. The van der Waals surface area contributed by atoms with Crippen LogP contribution in [0.25, 0.3) is 11.3 Å². The van der Waals surface area contributed by atoms with Gasteiger partial charge in [-0.2, -0.15) is 0 Å². The summed E-state index contributed by atoms with van der Waals surface area (Å²) in [6.07, 6.45) is 1.74. The van der Waals surface area contributed by atoms with Crippen molar-refractivity contribution in [3.05, 3.63) is 84.0 Å². The largest absolute Gasteiger partial charge is 0.444 e. The van der Waals surface area contributed by atoms with Gasteiger partial charge in [0.05, 0.1) is 5.01 Å². The molecule has 4 aromatic rings. The Morgan fingerprint density at radius 2 is 1.64 bits per heavy atom. The maximum atomic E-state index is 6.25. The molecule has 5 heteroatoms. The van der Waals surface area contributed by atoms with Crippen molar-refractivity contribution in [2.45, 2.75) is 19.8 Å². The smallest absolute Gasteiger partial charge is 0.208 e. The minimum absolute atomic E-state index is 0.345. The van der Waals surface area contributed by atoms with Crippen LogP contribution < -0.4 is 10.1 Å². The predicted octanol–water partition coefficient (Wildman–Crippen LogP) is 6.86. The Morgan fingerprint density at radius 3 is 2.36 bits per heavy atom. The Kier molecular flexibility index (Phi) is 5.35. The first-order valence-electron chi connectivity index (χ1n) is 9.21. The van der Waals surface area contributed by atoms with Crippen molar-refractivity contribution in [2.75, 3.05) is 5.32 Å². The number of anilines is 2. The summed E-state index contributed by atoms with van der Waals surface area (Å²) in [6, 6.07) is 23.9. The van der Waals surface area contributed by atoms with Crippen LogP contribution >= 0.6 is 11.3 Å². The number of hydrogen-bond donors (Lipinski definition) is 1. The quantitative estimate of drug-likeness (QED) is 0.392. The molecule has 0 radical (unpaired) electrons. The van der Waals surface area contributed by atoms with Gasteiger partial charge in [-0.1, -0.05) is 73.7 Å². The summed E-state index contributed by atoms with van der Waals surface area (Å²) in [4.78, 5) is 9.22. The number of nitrogens with zero attached hydrogens (tertiary/aromatic N) is 2. The van der Waals surface area contributed by atoms with E-state index in [1.165, 1.54) is 0 Å². The molecule has 140 valence electrons. The molecule has 0 aliphatic carbocycles. The van der Waals surface area contributed by atoms with Crippen LogP contribution in [0.2, 0.25) is 0 Å². The number of pyridine rings is 1. The van der Waals surface area contributed by atoms with Crippen molar-refractivity contribution in [3.63, 3.8) is 0 Å². The van der Waals surface area contributed by atoms with Crippen LogP contribution in [-0.2, 0) is 0 Å². The number of para-hydroxylation sites is 1. The highest BCUT2D eigenvalue weighted by molar-refractivity contribution is 7.14. The topological polar surface area (TPSA) is 47.0 Å². The first kappa shape index (κ1) is 18.2. The average Bonchev–Trinajstić information content (AvgIpc) is 3.14. The van der Waals surface area contributed by atoms with Gasteiger partial charge in [0.25, 0.3) is 0 Å². The molecule has 0 saturated carbocycles. The van der Waals surface area contributed by atoms with Gasteiger partial charge in [-0.05, 0) is 18.2 Å². The molecule has 0 fully saturated rings. The summed E-state index contributed by atoms with van der Waals surface area (Å²) in [6.45, 7) is 4.29. The molecule has 0 spiro atoms. The van der Waals surface area contributed by atoms with Gasteiger partial charge in [0.1, 0.15) is 17.3 Å². The standard InChI is InChI=1S/C23H21N3OS/c1-16(2)22-26-21(17-9-5-3-6-10-17)23(28-22)27-19-13-14-24-20(15-19)25-18-11-7-4-8-12-18/h3-16H,1-2H3,(H,24,25). The van der Waals surface area contributed by atoms with Gasteiger partial charge in [0.15, 0.2) is 0 Å². The zero-order chi connectivity index (χ0) is 19.3. The second-order valence-corrected chi connectivity index (χ2v) is 7.67. The molecule has 4 rings (SSSR count). The van der Waals surface area contributed by atoms with Crippen molar-refractivity contribution >= 4 is 22.8 Å². The summed E-state index contributed by atoms with van der Waals surface area (Å²) in [5, 5.41) is 5.16. The van der Waals surface area contributed by atoms with E-state index in [1.807, 2.05) is 60.7 Å². The molecule has 2 heterocycles. The van der Waals surface area contributed by atoms with Gasteiger partial charge < -0.3 is 10.1 Å². The number of benzene rings is 2. The van der Waals surface area contributed by atoms with E-state index in [1.54, 1.807) is 17.5 Å². The lowest BCUT2D eigenvalue weighted by molar-refractivity contribution is 0.496. The van der Waals surface area contributed by atoms with Crippen LogP contribution in [0, 0.1) is 0 Å². The maximum absolute atomic E-state index is 6.25. The summed E-state index contributed by atoms with van der Waals surface area (Å²) in [5.74, 6) is 1.81. The Hall–Kier alpha value is -3.18. The molecule has 0 aliphatic rings. The highest BCUT2D eigenvalue weighted by Gasteiger charge is 2.17. The lowest BCUT2D eigenvalue weighted by Crippen LogP contribution is -1.93. The molecule has 0 aliphatic heterocycles. The fourth-order valence-corrected chi connectivity index (χ4v) is 3.70. The van der Waals surface area contributed by atoms with E-state index in [2.05, 4.69) is 36.3 Å². The van der Waals surface area contributed by atoms with Crippen LogP contribution in [0.5, 0.6) is 10.8 Å². The van der Waals surface area contributed by atoms with Gasteiger partial charge in [-0.15, -0.1) is 0 Å². The van der Waals surface area contributed by atoms with Gasteiger partial charge >= 0.3 is 0 Å². The zero-order valence-electron chi connectivity index (χ0n) is 15.8. The molecule has 2 aromatic heterocycles. The van der Waals surface area contributed by atoms with Crippen LogP contribution in [-0.4, -0.2) is 9.97 Å². The molecular weight excluding hydrogens is 366 g/mol. The predicted molar refractivity (Wildman–Crippen MR) is 116 cm³/mol. The SMILES string of the molecule is CC(C)c1nc(-c2ccccc2)c(Oc2ccnc(Nc3ccccc3)c2)s1. The number of aromatic nitrogens is 2. The Morgan fingerprint density at radius 1 is 0.929 bits per heavy atom. The molecule has 0 bridgehead atoms. The fourth-order valence-electron chi connectivity index (χ4n) is 2.74. The van der Waals surface area contributed by atoms with E-state index in [4.69, 9.17) is 9.72 Å². The molecule has 1 N–H and O–H groups in total. The van der Waals surface area contributed by atoms with Crippen molar-refractivity contribution < 1.29 is 4.74 Å². The highest BCUT2D eigenvalue weighted by Crippen LogP contribution is 2.40. The van der Waals surface area contributed by atoms with E-state index in [0.717, 1.165) is 38.6 Å². The molecule has 4 nitrogen and oxygen atoms in total. The molecule has 0 atom stereocenters. The van der Waals surface area contributed by atoms with Gasteiger partial charge in [0.2, 0.25) is 5.06 Å². The van der Waals surface area contributed by atoms with E-state index < -0.39 is 0 Å². The van der Waals surface area contributed by atoms with E-state index >= 15 is 0 Å². The molecular formula is C23H21N3OS. The summed E-state index contributed by atoms with van der Waals surface area (Å²) in [5.41, 5.74) is 2.91. The number of nitrogens with one attached hydrogen (secondary N) is 1. The van der Waals surface area contributed by atoms with Crippen molar-refractivity contribution in [1.29, 1.82) is 0 Å². The van der Waals surface area contributed by atoms with Crippen molar-refractivity contribution in [3.8, 4) is 22.1 Å². The Balaban J connectivity index is 1.63. The number of ether oxygens (including phenoxy) is 1. The third-order valence-electron chi connectivity index (χ3n) is 4.14. The fraction of sp³-hybridized carbons (Fsp3) is 0.130. The molecule has 0 saturated heterocycles. The van der Waals surface area contributed by atoms with E-state index in [9.17, 15) is 0 Å². The third kappa shape index (κ3) is 4.21. The van der Waals surface area contributed by atoms with Crippen LogP contribution in [0.15, 0.2) is 79.0 Å². The van der Waals surface area contributed by atoms with Crippen LogP contribution in [0.3, 0.4) is 0 Å². The summed E-state index contributed by atoms with van der Waals surface area (Å²) in [7, 11) is 0. The molecule has 28 heavy (non-hydrogen) atoms.